The predicted octanol–water partition coefficient (Wildman–Crippen LogP) is 9.26. The van der Waals surface area contributed by atoms with Crippen molar-refractivity contribution >= 4 is 87.0 Å². The molecule has 0 aliphatic heterocycles. The molecule has 0 saturated carbocycles. The molecule has 36 heavy (non-hydrogen) atoms. The smallest absolute Gasteiger partial charge is 0.291 e. The van der Waals surface area contributed by atoms with Gasteiger partial charge in [0.15, 0.2) is 17.3 Å². The van der Waals surface area contributed by atoms with Crippen LogP contribution < -0.4 is 10.1 Å². The van der Waals surface area contributed by atoms with Gasteiger partial charge < -0.3 is 14.5 Å². The van der Waals surface area contributed by atoms with Gasteiger partial charge in [0.05, 0.1) is 20.8 Å². The average molecular weight is 604 g/mol. The molecule has 1 aromatic heterocycles. The van der Waals surface area contributed by atoms with Crippen molar-refractivity contribution in [3.05, 3.63) is 113 Å². The second-order valence-corrected chi connectivity index (χ2v) is 9.62. The number of hydrogen-bond donors (Lipinski definition) is 1. The van der Waals surface area contributed by atoms with Crippen LogP contribution in [0.25, 0.3) is 0 Å². The number of ketones is 1. The molecule has 3 aromatic carbocycles. The standard InChI is InChI=1S/C25H13Cl6NO4/c26-13-6-8-16(15(10-13)23(33)12-4-2-1-3-5-12)32-25(34)17-9-7-14(36-17)11-35-24-21(30)19(28)18(27)20(29)22(24)31/h1-10H,11H2,(H,32,34). The van der Waals surface area contributed by atoms with Crippen LogP contribution >= 0.6 is 69.6 Å². The van der Waals surface area contributed by atoms with Gasteiger partial charge in [-0.2, -0.15) is 0 Å². The van der Waals surface area contributed by atoms with Crippen molar-refractivity contribution in [1.82, 2.24) is 0 Å². The maximum Gasteiger partial charge on any atom is 0.291 e. The van der Waals surface area contributed by atoms with Crippen LogP contribution in [0.4, 0.5) is 5.69 Å². The molecule has 184 valence electrons. The molecule has 0 spiro atoms. The molecule has 11 heteroatoms. The number of halogens is 6. The van der Waals surface area contributed by atoms with E-state index in [2.05, 4.69) is 5.32 Å². The lowest BCUT2D eigenvalue weighted by Crippen LogP contribution is -2.14. The van der Waals surface area contributed by atoms with E-state index in [0.29, 0.717) is 10.6 Å². The van der Waals surface area contributed by atoms with Crippen molar-refractivity contribution in [2.45, 2.75) is 6.61 Å². The van der Waals surface area contributed by atoms with Crippen LogP contribution in [0.15, 0.2) is 65.1 Å². The van der Waals surface area contributed by atoms with E-state index in [4.69, 9.17) is 78.8 Å². The van der Waals surface area contributed by atoms with Crippen LogP contribution in [0.1, 0.15) is 32.2 Å². The molecule has 1 amide bonds. The Morgan fingerprint density at radius 3 is 2.08 bits per heavy atom. The minimum atomic E-state index is -0.584. The number of rotatable bonds is 7. The van der Waals surface area contributed by atoms with Crippen molar-refractivity contribution in [2.24, 2.45) is 0 Å². The third-order valence-electron chi connectivity index (χ3n) is 4.92. The Kier molecular flexibility index (Phi) is 8.41. The fraction of sp³-hybridized carbons (Fsp3) is 0.0400. The second-order valence-electron chi connectivity index (χ2n) is 7.29. The number of carbonyl (C=O) groups is 2. The molecular formula is C25H13Cl6NO4. The lowest BCUT2D eigenvalue weighted by molar-refractivity contribution is 0.0992. The summed E-state index contributed by atoms with van der Waals surface area (Å²) in [7, 11) is 0. The normalized spacial score (nSPS) is 10.8. The molecule has 1 heterocycles. The number of hydrogen-bond acceptors (Lipinski definition) is 4. The average Bonchev–Trinajstić information content (AvgIpc) is 3.36. The molecule has 4 rings (SSSR count). The summed E-state index contributed by atoms with van der Waals surface area (Å²) >= 11 is 36.5. The third kappa shape index (κ3) is 5.62. The van der Waals surface area contributed by atoms with Crippen molar-refractivity contribution < 1.29 is 18.7 Å². The van der Waals surface area contributed by atoms with Crippen LogP contribution in [0.5, 0.6) is 5.75 Å². The van der Waals surface area contributed by atoms with Gasteiger partial charge in [-0.3, -0.25) is 9.59 Å². The summed E-state index contributed by atoms with van der Waals surface area (Å²) in [5.74, 6) is -0.599. The van der Waals surface area contributed by atoms with Gasteiger partial charge in [0.2, 0.25) is 0 Å². The van der Waals surface area contributed by atoms with E-state index in [0.717, 1.165) is 0 Å². The number of amides is 1. The van der Waals surface area contributed by atoms with Crippen molar-refractivity contribution in [3.8, 4) is 5.75 Å². The Balaban J connectivity index is 1.51. The van der Waals surface area contributed by atoms with Gasteiger partial charge in [-0.15, -0.1) is 0 Å². The highest BCUT2D eigenvalue weighted by Gasteiger charge is 2.22. The first-order valence-corrected chi connectivity index (χ1v) is 12.4. The zero-order valence-corrected chi connectivity index (χ0v) is 22.4. The quantitative estimate of drug-likeness (QED) is 0.130. The van der Waals surface area contributed by atoms with E-state index in [1.165, 1.54) is 18.2 Å². The lowest BCUT2D eigenvalue weighted by Gasteiger charge is -2.13. The third-order valence-corrected chi connectivity index (χ3v) is 7.40. The number of anilines is 1. The largest absolute Gasteiger partial charge is 0.482 e. The van der Waals surface area contributed by atoms with Gasteiger partial charge in [0.25, 0.3) is 5.91 Å². The molecule has 0 fully saturated rings. The number of nitrogens with one attached hydrogen (secondary N) is 1. The Labute approximate surface area is 235 Å². The maximum absolute atomic E-state index is 13.0. The van der Waals surface area contributed by atoms with E-state index in [1.807, 2.05) is 0 Å². The van der Waals surface area contributed by atoms with Gasteiger partial charge >= 0.3 is 0 Å². The van der Waals surface area contributed by atoms with Crippen LogP contribution in [0, 0.1) is 0 Å². The summed E-state index contributed by atoms with van der Waals surface area (Å²) in [5.41, 5.74) is 0.960. The Bertz CT molecular complexity index is 1440. The Morgan fingerprint density at radius 1 is 0.778 bits per heavy atom. The highest BCUT2D eigenvalue weighted by atomic mass is 35.5. The van der Waals surface area contributed by atoms with Gasteiger partial charge in [-0.1, -0.05) is 99.9 Å². The van der Waals surface area contributed by atoms with E-state index >= 15 is 0 Å². The number of ether oxygens (including phenoxy) is 1. The van der Waals surface area contributed by atoms with Gasteiger partial charge in [-0.05, 0) is 30.3 Å². The summed E-state index contributed by atoms with van der Waals surface area (Å²) in [5, 5.41) is 3.00. The Hall–Kier alpha value is -2.38. The fourth-order valence-electron chi connectivity index (χ4n) is 3.17. The molecule has 0 saturated heterocycles. The SMILES string of the molecule is O=C(Nc1ccc(Cl)cc1C(=O)c1ccccc1)c1ccc(COc2c(Cl)c(Cl)c(Cl)c(Cl)c2Cl)o1. The Morgan fingerprint density at radius 2 is 1.42 bits per heavy atom. The van der Waals surface area contributed by atoms with Crippen molar-refractivity contribution in [1.29, 1.82) is 0 Å². The number of furan rings is 1. The van der Waals surface area contributed by atoms with E-state index < -0.39 is 5.91 Å². The molecule has 1 N–H and O–H groups in total. The van der Waals surface area contributed by atoms with Crippen molar-refractivity contribution in [3.63, 3.8) is 0 Å². The molecule has 0 bridgehead atoms. The van der Waals surface area contributed by atoms with Crippen LogP contribution in [-0.2, 0) is 6.61 Å². The fourth-order valence-corrected chi connectivity index (χ4v) is 4.58. The first kappa shape index (κ1) is 26.7. The molecule has 4 aromatic rings. The molecule has 0 atom stereocenters. The van der Waals surface area contributed by atoms with Crippen LogP contribution in [0.3, 0.4) is 0 Å². The van der Waals surface area contributed by atoms with Gasteiger partial charge in [0, 0.05) is 16.1 Å². The first-order valence-electron chi connectivity index (χ1n) is 10.1. The zero-order chi connectivity index (χ0) is 26.0. The summed E-state index contributed by atoms with van der Waals surface area (Å²) in [6, 6.07) is 16.2. The highest BCUT2D eigenvalue weighted by molar-refractivity contribution is 6.55. The monoisotopic (exact) mass is 601 g/mol. The number of benzene rings is 3. The molecule has 0 radical (unpaired) electrons. The summed E-state index contributed by atoms with van der Waals surface area (Å²) in [4.78, 5) is 25.8. The summed E-state index contributed by atoms with van der Waals surface area (Å²) in [6.07, 6.45) is 0. The first-order chi connectivity index (χ1) is 17.2. The maximum atomic E-state index is 13.0. The summed E-state index contributed by atoms with van der Waals surface area (Å²) in [6.45, 7) is -0.139. The molecular weight excluding hydrogens is 591 g/mol. The van der Waals surface area contributed by atoms with E-state index in [9.17, 15) is 9.59 Å². The lowest BCUT2D eigenvalue weighted by atomic mass is 10.0. The van der Waals surface area contributed by atoms with Crippen molar-refractivity contribution in [2.75, 3.05) is 5.32 Å². The summed E-state index contributed by atoms with van der Waals surface area (Å²) < 4.78 is 11.2. The predicted molar refractivity (Wildman–Crippen MR) is 144 cm³/mol. The van der Waals surface area contributed by atoms with Gasteiger partial charge in [-0.25, -0.2) is 0 Å². The van der Waals surface area contributed by atoms with E-state index in [1.54, 1.807) is 42.5 Å². The second kappa shape index (κ2) is 11.3. The molecule has 0 unspecified atom stereocenters. The van der Waals surface area contributed by atoms with E-state index in [-0.39, 0.29) is 66.0 Å². The minimum Gasteiger partial charge on any atom is -0.482 e. The molecule has 0 aliphatic rings. The van der Waals surface area contributed by atoms with Crippen LogP contribution in [-0.4, -0.2) is 11.7 Å². The highest BCUT2D eigenvalue weighted by Crippen LogP contribution is 2.48. The topological polar surface area (TPSA) is 68.5 Å². The van der Waals surface area contributed by atoms with Crippen LogP contribution in [0.2, 0.25) is 30.1 Å². The molecule has 5 nitrogen and oxygen atoms in total. The molecule has 0 aliphatic carbocycles. The zero-order valence-electron chi connectivity index (χ0n) is 17.9. The van der Waals surface area contributed by atoms with Gasteiger partial charge in [0.1, 0.15) is 22.4 Å². The minimum absolute atomic E-state index is 0.00459. The number of carbonyl (C=O) groups excluding carboxylic acids is 2.